The number of benzene rings is 2. The lowest BCUT2D eigenvalue weighted by atomic mass is 9.93. The van der Waals surface area contributed by atoms with Crippen molar-refractivity contribution in [2.24, 2.45) is 0 Å². The van der Waals surface area contributed by atoms with Crippen molar-refractivity contribution in [3.63, 3.8) is 0 Å². The summed E-state index contributed by atoms with van der Waals surface area (Å²) in [5, 5.41) is 13.1. The first-order valence-electron chi connectivity index (χ1n) is 7.75. The minimum atomic E-state index is -0.344. The van der Waals surface area contributed by atoms with Gasteiger partial charge in [-0.15, -0.1) is 0 Å². The van der Waals surface area contributed by atoms with Crippen molar-refractivity contribution in [2.75, 3.05) is 6.54 Å². The topological polar surface area (TPSA) is 32.3 Å². The fourth-order valence-corrected chi connectivity index (χ4v) is 2.61. The standard InChI is InChI=1S/C19H24FNO/c1-14-8-9-16(11-19(14)20)12-21-13-18(10-15(2)22)17-6-4-3-5-7-17/h3-9,11,15,18,21-22H,10,12-13H2,1-2H3. The van der Waals surface area contributed by atoms with E-state index in [1.54, 1.807) is 19.1 Å². The Morgan fingerprint density at radius 2 is 1.86 bits per heavy atom. The molecule has 0 saturated carbocycles. The SMILES string of the molecule is Cc1ccc(CNCC(CC(C)O)c2ccccc2)cc1F. The van der Waals surface area contributed by atoms with Crippen molar-refractivity contribution in [3.05, 3.63) is 71.0 Å². The number of aliphatic hydroxyl groups is 1. The number of rotatable bonds is 7. The van der Waals surface area contributed by atoms with Crippen LogP contribution >= 0.6 is 0 Å². The second-order valence-electron chi connectivity index (χ2n) is 5.91. The monoisotopic (exact) mass is 301 g/mol. The molecule has 0 saturated heterocycles. The molecule has 2 N–H and O–H groups in total. The molecule has 0 spiro atoms. The lowest BCUT2D eigenvalue weighted by molar-refractivity contribution is 0.173. The molecular weight excluding hydrogens is 277 g/mol. The molecule has 0 aliphatic heterocycles. The molecule has 2 unspecified atom stereocenters. The van der Waals surface area contributed by atoms with Gasteiger partial charge in [-0.05, 0) is 48.9 Å². The zero-order valence-corrected chi connectivity index (χ0v) is 13.2. The second-order valence-corrected chi connectivity index (χ2v) is 5.91. The van der Waals surface area contributed by atoms with Crippen molar-refractivity contribution in [2.45, 2.75) is 38.8 Å². The Hall–Kier alpha value is -1.71. The molecule has 0 bridgehead atoms. The van der Waals surface area contributed by atoms with Crippen molar-refractivity contribution < 1.29 is 9.50 Å². The zero-order valence-electron chi connectivity index (χ0n) is 13.2. The first-order chi connectivity index (χ1) is 10.6. The molecular formula is C19H24FNO. The molecule has 2 atom stereocenters. The lowest BCUT2D eigenvalue weighted by Gasteiger charge is -2.20. The van der Waals surface area contributed by atoms with Crippen LogP contribution < -0.4 is 5.32 Å². The molecule has 3 heteroatoms. The fraction of sp³-hybridized carbons (Fsp3) is 0.368. The molecule has 22 heavy (non-hydrogen) atoms. The van der Waals surface area contributed by atoms with Crippen molar-refractivity contribution in [1.82, 2.24) is 5.32 Å². The maximum Gasteiger partial charge on any atom is 0.126 e. The van der Waals surface area contributed by atoms with Crippen LogP contribution in [0.5, 0.6) is 0 Å². The summed E-state index contributed by atoms with van der Waals surface area (Å²) in [5.74, 6) is 0.0828. The summed E-state index contributed by atoms with van der Waals surface area (Å²) in [6.45, 7) is 4.96. The third-order valence-corrected chi connectivity index (χ3v) is 3.85. The lowest BCUT2D eigenvalue weighted by Crippen LogP contribution is -2.23. The Labute approximate surface area is 132 Å². The van der Waals surface area contributed by atoms with Gasteiger partial charge in [0.2, 0.25) is 0 Å². The van der Waals surface area contributed by atoms with E-state index in [4.69, 9.17) is 0 Å². The molecule has 0 aliphatic rings. The Bertz CT molecular complexity index is 583. The summed E-state index contributed by atoms with van der Waals surface area (Å²) in [6.07, 6.45) is 0.364. The van der Waals surface area contributed by atoms with Gasteiger partial charge in [0, 0.05) is 13.1 Å². The second kappa shape index (κ2) is 8.06. The number of hydrogen-bond donors (Lipinski definition) is 2. The Morgan fingerprint density at radius 1 is 1.14 bits per heavy atom. The molecule has 0 fully saturated rings. The average molecular weight is 301 g/mol. The van der Waals surface area contributed by atoms with Crippen LogP contribution in [0.1, 0.15) is 36.0 Å². The number of aliphatic hydroxyl groups excluding tert-OH is 1. The summed E-state index contributed by atoms with van der Waals surface area (Å²) in [4.78, 5) is 0. The van der Waals surface area contributed by atoms with Gasteiger partial charge in [0.15, 0.2) is 0 Å². The van der Waals surface area contributed by atoms with E-state index >= 15 is 0 Å². The number of nitrogens with one attached hydrogen (secondary N) is 1. The van der Waals surface area contributed by atoms with Gasteiger partial charge < -0.3 is 10.4 Å². The van der Waals surface area contributed by atoms with E-state index in [1.165, 1.54) is 5.56 Å². The van der Waals surface area contributed by atoms with E-state index in [0.29, 0.717) is 18.5 Å². The van der Waals surface area contributed by atoms with E-state index < -0.39 is 0 Å². The fourth-order valence-electron chi connectivity index (χ4n) is 2.61. The highest BCUT2D eigenvalue weighted by molar-refractivity contribution is 5.23. The van der Waals surface area contributed by atoms with E-state index in [2.05, 4.69) is 17.4 Å². The summed E-state index contributed by atoms with van der Waals surface area (Å²) >= 11 is 0. The first kappa shape index (κ1) is 16.7. The smallest absolute Gasteiger partial charge is 0.126 e. The Morgan fingerprint density at radius 3 is 2.50 bits per heavy atom. The number of hydrogen-bond acceptors (Lipinski definition) is 2. The molecule has 0 aromatic heterocycles. The van der Waals surface area contributed by atoms with E-state index in [1.807, 2.05) is 31.2 Å². The highest BCUT2D eigenvalue weighted by Crippen LogP contribution is 2.20. The first-order valence-corrected chi connectivity index (χ1v) is 7.75. The van der Waals surface area contributed by atoms with Gasteiger partial charge in [0.1, 0.15) is 5.82 Å². The predicted molar refractivity (Wildman–Crippen MR) is 88.3 cm³/mol. The summed E-state index contributed by atoms with van der Waals surface area (Å²) in [7, 11) is 0. The van der Waals surface area contributed by atoms with Gasteiger partial charge in [-0.1, -0.05) is 42.5 Å². The quantitative estimate of drug-likeness (QED) is 0.816. The van der Waals surface area contributed by atoms with Crippen molar-refractivity contribution >= 4 is 0 Å². The molecule has 0 aliphatic carbocycles. The molecule has 0 amide bonds. The average Bonchev–Trinajstić information content (AvgIpc) is 2.50. The third-order valence-electron chi connectivity index (χ3n) is 3.85. The van der Waals surface area contributed by atoms with E-state index in [-0.39, 0.29) is 17.8 Å². The molecule has 0 heterocycles. The summed E-state index contributed by atoms with van der Waals surface area (Å²) in [5.41, 5.74) is 2.82. The maximum atomic E-state index is 13.5. The number of aryl methyl sites for hydroxylation is 1. The van der Waals surface area contributed by atoms with Gasteiger partial charge >= 0.3 is 0 Å². The molecule has 2 aromatic carbocycles. The normalized spacial score (nSPS) is 13.8. The van der Waals surface area contributed by atoms with Crippen LogP contribution in [0.2, 0.25) is 0 Å². The van der Waals surface area contributed by atoms with Crippen LogP contribution in [0, 0.1) is 12.7 Å². The molecule has 2 aromatic rings. The van der Waals surface area contributed by atoms with E-state index in [9.17, 15) is 9.50 Å². The molecule has 118 valence electrons. The van der Waals surface area contributed by atoms with Crippen LogP contribution in [-0.2, 0) is 6.54 Å². The van der Waals surface area contributed by atoms with Gasteiger partial charge in [-0.25, -0.2) is 4.39 Å². The van der Waals surface area contributed by atoms with Crippen molar-refractivity contribution in [3.8, 4) is 0 Å². The maximum absolute atomic E-state index is 13.5. The molecule has 2 nitrogen and oxygen atoms in total. The zero-order chi connectivity index (χ0) is 15.9. The van der Waals surface area contributed by atoms with Gasteiger partial charge in [0.05, 0.1) is 6.10 Å². The van der Waals surface area contributed by atoms with Gasteiger partial charge in [0.25, 0.3) is 0 Å². The predicted octanol–water partition coefficient (Wildman–Crippen LogP) is 3.78. The minimum Gasteiger partial charge on any atom is -0.393 e. The largest absolute Gasteiger partial charge is 0.393 e. The number of halogens is 1. The Kier molecular flexibility index (Phi) is 6.10. The molecule has 2 rings (SSSR count). The van der Waals surface area contributed by atoms with E-state index in [0.717, 1.165) is 12.1 Å². The van der Waals surface area contributed by atoms with Crippen molar-refractivity contribution in [1.29, 1.82) is 0 Å². The van der Waals surface area contributed by atoms with Crippen LogP contribution in [0.15, 0.2) is 48.5 Å². The highest BCUT2D eigenvalue weighted by atomic mass is 19.1. The third kappa shape index (κ3) is 4.93. The van der Waals surface area contributed by atoms with Crippen LogP contribution in [0.25, 0.3) is 0 Å². The highest BCUT2D eigenvalue weighted by Gasteiger charge is 2.13. The van der Waals surface area contributed by atoms with Gasteiger partial charge in [-0.2, -0.15) is 0 Å². The molecule has 0 radical (unpaired) electrons. The van der Waals surface area contributed by atoms with Gasteiger partial charge in [-0.3, -0.25) is 0 Å². The summed E-state index contributed by atoms with van der Waals surface area (Å²) in [6, 6.07) is 15.5. The van der Waals surface area contributed by atoms with Crippen LogP contribution in [0.3, 0.4) is 0 Å². The van der Waals surface area contributed by atoms with Crippen LogP contribution in [0.4, 0.5) is 4.39 Å². The Balaban J connectivity index is 1.95. The summed E-state index contributed by atoms with van der Waals surface area (Å²) < 4.78 is 13.5. The van der Waals surface area contributed by atoms with Crippen LogP contribution in [-0.4, -0.2) is 17.8 Å². The minimum absolute atomic E-state index is 0.164.